The van der Waals surface area contributed by atoms with Crippen LogP contribution in [0.15, 0.2) is 42.5 Å². The molecule has 138 valence electrons. The van der Waals surface area contributed by atoms with Crippen molar-refractivity contribution in [3.8, 4) is 11.5 Å². The van der Waals surface area contributed by atoms with E-state index in [2.05, 4.69) is 10.6 Å². The second-order valence-electron chi connectivity index (χ2n) is 5.60. The van der Waals surface area contributed by atoms with Crippen molar-refractivity contribution >= 4 is 23.4 Å². The van der Waals surface area contributed by atoms with E-state index in [0.29, 0.717) is 22.1 Å². The monoisotopic (exact) mass is 376 g/mol. The van der Waals surface area contributed by atoms with Crippen LogP contribution in [0.3, 0.4) is 0 Å². The summed E-state index contributed by atoms with van der Waals surface area (Å²) in [6, 6.07) is 11.8. The van der Waals surface area contributed by atoms with Crippen molar-refractivity contribution in [3.05, 3.63) is 58.6 Å². The zero-order chi connectivity index (χ0) is 19.1. The van der Waals surface area contributed by atoms with E-state index >= 15 is 0 Å². The molecule has 0 radical (unpaired) electrons. The number of amides is 2. The van der Waals surface area contributed by atoms with Crippen LogP contribution >= 0.6 is 11.6 Å². The lowest BCUT2D eigenvalue weighted by molar-refractivity contribution is -0.120. The molecule has 0 aliphatic carbocycles. The highest BCUT2D eigenvalue weighted by atomic mass is 35.5. The minimum absolute atomic E-state index is 0.141. The van der Waals surface area contributed by atoms with E-state index < -0.39 is 0 Å². The number of carbonyl (C=O) groups is 2. The quantitative estimate of drug-likeness (QED) is 0.778. The number of ether oxygens (including phenoxy) is 2. The number of methoxy groups -OCH3 is 2. The molecule has 0 bridgehead atoms. The van der Waals surface area contributed by atoms with Crippen LogP contribution in [0.1, 0.15) is 28.9 Å². The Kier molecular flexibility index (Phi) is 6.86. The predicted molar refractivity (Wildman–Crippen MR) is 99.9 cm³/mol. The molecule has 26 heavy (non-hydrogen) atoms. The molecule has 0 fully saturated rings. The minimum atomic E-state index is -0.378. The van der Waals surface area contributed by atoms with E-state index in [9.17, 15) is 9.59 Å². The molecule has 2 rings (SSSR count). The van der Waals surface area contributed by atoms with Crippen LogP contribution in [0.4, 0.5) is 0 Å². The Bertz CT molecular complexity index is 795. The van der Waals surface area contributed by atoms with Gasteiger partial charge < -0.3 is 20.1 Å². The predicted octanol–water partition coefficient (Wildman–Crippen LogP) is 2.96. The Balaban J connectivity index is 1.91. The van der Waals surface area contributed by atoms with E-state index in [-0.39, 0.29) is 24.4 Å². The number of halogens is 1. The van der Waals surface area contributed by atoms with Gasteiger partial charge in [-0.25, -0.2) is 0 Å². The van der Waals surface area contributed by atoms with Crippen molar-refractivity contribution in [1.82, 2.24) is 10.6 Å². The largest absolute Gasteiger partial charge is 0.493 e. The van der Waals surface area contributed by atoms with Crippen molar-refractivity contribution in [2.24, 2.45) is 0 Å². The lowest BCUT2D eigenvalue weighted by Crippen LogP contribution is -2.38. The lowest BCUT2D eigenvalue weighted by Gasteiger charge is -2.15. The second kappa shape index (κ2) is 9.10. The molecule has 2 aromatic carbocycles. The van der Waals surface area contributed by atoms with Crippen LogP contribution in [-0.2, 0) is 4.79 Å². The molecule has 7 heteroatoms. The summed E-state index contributed by atoms with van der Waals surface area (Å²) in [6.45, 7) is 1.71. The Morgan fingerprint density at radius 2 is 1.81 bits per heavy atom. The van der Waals surface area contributed by atoms with Gasteiger partial charge in [-0.05, 0) is 42.8 Å². The molecule has 0 aromatic heterocycles. The molecule has 2 N–H and O–H groups in total. The number of hydrogen-bond donors (Lipinski definition) is 2. The maximum atomic E-state index is 12.2. The first-order valence-electron chi connectivity index (χ1n) is 7.99. The third-order valence-electron chi connectivity index (χ3n) is 3.78. The summed E-state index contributed by atoms with van der Waals surface area (Å²) in [5, 5.41) is 6.00. The number of nitrogens with one attached hydrogen (secondary N) is 2. The Morgan fingerprint density at radius 1 is 1.08 bits per heavy atom. The SMILES string of the molecule is COc1ccc(C(=O)NCC(=O)NC(C)c2cccc(Cl)c2)cc1OC. The molecular weight excluding hydrogens is 356 g/mol. The molecule has 1 atom stereocenters. The Morgan fingerprint density at radius 3 is 2.46 bits per heavy atom. The highest BCUT2D eigenvalue weighted by Gasteiger charge is 2.14. The summed E-state index contributed by atoms with van der Waals surface area (Å²) in [4.78, 5) is 24.3. The van der Waals surface area contributed by atoms with Gasteiger partial charge in [-0.1, -0.05) is 23.7 Å². The van der Waals surface area contributed by atoms with E-state index in [1.807, 2.05) is 19.1 Å². The fourth-order valence-corrected chi connectivity index (χ4v) is 2.59. The molecule has 6 nitrogen and oxygen atoms in total. The number of benzene rings is 2. The molecule has 1 unspecified atom stereocenters. The van der Waals surface area contributed by atoms with Gasteiger partial charge in [0.2, 0.25) is 5.91 Å². The molecular formula is C19H21ClN2O4. The van der Waals surface area contributed by atoms with Crippen molar-refractivity contribution in [3.63, 3.8) is 0 Å². The average Bonchev–Trinajstić information content (AvgIpc) is 2.65. The third-order valence-corrected chi connectivity index (χ3v) is 4.02. The van der Waals surface area contributed by atoms with Crippen molar-refractivity contribution in [2.45, 2.75) is 13.0 Å². The van der Waals surface area contributed by atoms with Crippen LogP contribution in [0.2, 0.25) is 5.02 Å². The zero-order valence-electron chi connectivity index (χ0n) is 14.8. The van der Waals surface area contributed by atoms with Crippen molar-refractivity contribution in [2.75, 3.05) is 20.8 Å². The summed E-state index contributed by atoms with van der Waals surface area (Å²) in [6.07, 6.45) is 0. The van der Waals surface area contributed by atoms with Gasteiger partial charge in [0.1, 0.15) is 0 Å². The molecule has 0 heterocycles. The fourth-order valence-electron chi connectivity index (χ4n) is 2.39. The number of rotatable bonds is 7. The van der Waals surface area contributed by atoms with E-state index in [1.165, 1.54) is 14.2 Å². The number of hydrogen-bond acceptors (Lipinski definition) is 4. The first-order chi connectivity index (χ1) is 12.4. The van der Waals surface area contributed by atoms with Gasteiger partial charge in [0.25, 0.3) is 5.91 Å². The van der Waals surface area contributed by atoms with E-state index in [0.717, 1.165) is 5.56 Å². The first-order valence-corrected chi connectivity index (χ1v) is 8.37. The molecule has 0 spiro atoms. The third kappa shape index (κ3) is 5.13. The average molecular weight is 377 g/mol. The molecule has 2 amide bonds. The smallest absolute Gasteiger partial charge is 0.251 e. The summed E-state index contributed by atoms with van der Waals surface area (Å²) in [5.74, 6) is 0.291. The first kappa shape index (κ1) is 19.6. The highest BCUT2D eigenvalue weighted by molar-refractivity contribution is 6.30. The molecule has 0 aliphatic rings. The summed E-state index contributed by atoms with van der Waals surface area (Å²) >= 11 is 5.95. The van der Waals surface area contributed by atoms with Crippen LogP contribution in [-0.4, -0.2) is 32.6 Å². The van der Waals surface area contributed by atoms with Gasteiger partial charge in [-0.3, -0.25) is 9.59 Å². The highest BCUT2D eigenvalue weighted by Crippen LogP contribution is 2.27. The van der Waals surface area contributed by atoms with Crippen LogP contribution in [0.25, 0.3) is 0 Å². The zero-order valence-corrected chi connectivity index (χ0v) is 15.6. The standard InChI is InChI=1S/C19H21ClN2O4/c1-12(13-5-4-6-15(20)9-13)22-18(23)11-21-19(24)14-7-8-16(25-2)17(10-14)26-3/h4-10,12H,11H2,1-3H3,(H,21,24)(H,22,23). The molecule has 0 saturated carbocycles. The number of carbonyl (C=O) groups excluding carboxylic acids is 2. The van der Waals surface area contributed by atoms with Gasteiger partial charge in [-0.2, -0.15) is 0 Å². The van der Waals surface area contributed by atoms with Crippen LogP contribution in [0, 0.1) is 0 Å². The normalized spacial score (nSPS) is 11.4. The Hall–Kier alpha value is -2.73. The second-order valence-corrected chi connectivity index (χ2v) is 6.03. The van der Waals surface area contributed by atoms with Crippen molar-refractivity contribution < 1.29 is 19.1 Å². The summed E-state index contributed by atoms with van der Waals surface area (Å²) in [5.41, 5.74) is 1.26. The molecule has 0 aliphatic heterocycles. The van der Waals surface area contributed by atoms with Gasteiger partial charge in [0, 0.05) is 10.6 Å². The molecule has 0 saturated heterocycles. The Labute approximate surface area is 157 Å². The van der Waals surface area contributed by atoms with E-state index in [4.69, 9.17) is 21.1 Å². The van der Waals surface area contributed by atoms with Crippen LogP contribution in [0.5, 0.6) is 11.5 Å². The summed E-state index contributed by atoms with van der Waals surface area (Å²) < 4.78 is 10.3. The van der Waals surface area contributed by atoms with Gasteiger partial charge in [-0.15, -0.1) is 0 Å². The van der Waals surface area contributed by atoms with E-state index in [1.54, 1.807) is 30.3 Å². The maximum Gasteiger partial charge on any atom is 0.251 e. The van der Waals surface area contributed by atoms with Gasteiger partial charge in [0.15, 0.2) is 11.5 Å². The van der Waals surface area contributed by atoms with Gasteiger partial charge >= 0.3 is 0 Å². The topological polar surface area (TPSA) is 76.7 Å². The maximum absolute atomic E-state index is 12.2. The fraction of sp³-hybridized carbons (Fsp3) is 0.263. The lowest BCUT2D eigenvalue weighted by atomic mass is 10.1. The van der Waals surface area contributed by atoms with Crippen LogP contribution < -0.4 is 20.1 Å². The van der Waals surface area contributed by atoms with Crippen molar-refractivity contribution in [1.29, 1.82) is 0 Å². The van der Waals surface area contributed by atoms with Gasteiger partial charge in [0.05, 0.1) is 26.8 Å². The minimum Gasteiger partial charge on any atom is -0.493 e. The molecule has 2 aromatic rings. The summed E-state index contributed by atoms with van der Waals surface area (Å²) in [7, 11) is 3.01.